The van der Waals surface area contributed by atoms with Gasteiger partial charge in [-0.05, 0) is 18.2 Å². The number of allylic oxidation sites excluding steroid dienone is 1. The third-order valence-corrected chi connectivity index (χ3v) is 1.86. The lowest BCUT2D eigenvalue weighted by molar-refractivity contribution is 1.56. The first-order valence-electron chi connectivity index (χ1n) is 3.69. The second-order valence-corrected chi connectivity index (χ2v) is 3.35. The predicted octanol–water partition coefficient (Wildman–Crippen LogP) is 3.01. The highest BCUT2D eigenvalue weighted by atomic mass is 79.9. The largest absolute Gasteiger partial charge is 0.307 e. The number of hydrogen-bond acceptors (Lipinski definition) is 1. The second kappa shape index (κ2) is 4.64. The number of halogens is 1. The highest BCUT2D eigenvalue weighted by molar-refractivity contribution is 9.10. The molecule has 1 nitrogen and oxygen atoms in total. The topological polar surface area (TPSA) is 23.9 Å². The number of benzene rings is 1. The minimum atomic E-state index is 0.514. The van der Waals surface area contributed by atoms with Gasteiger partial charge in [0, 0.05) is 21.8 Å². The van der Waals surface area contributed by atoms with Crippen LogP contribution in [-0.4, -0.2) is 6.21 Å². The molecular formula is C11H8BrN. The van der Waals surface area contributed by atoms with Gasteiger partial charge < -0.3 is 5.41 Å². The van der Waals surface area contributed by atoms with Crippen LogP contribution in [0, 0.1) is 17.3 Å². The summed E-state index contributed by atoms with van der Waals surface area (Å²) in [6.45, 7) is 3.58. The monoisotopic (exact) mass is 233 g/mol. The predicted molar refractivity (Wildman–Crippen MR) is 58.9 cm³/mol. The van der Waals surface area contributed by atoms with Crippen molar-refractivity contribution in [3.05, 3.63) is 46.5 Å². The van der Waals surface area contributed by atoms with E-state index in [9.17, 15) is 0 Å². The van der Waals surface area contributed by atoms with E-state index in [1.165, 1.54) is 0 Å². The van der Waals surface area contributed by atoms with Crippen LogP contribution in [0.2, 0.25) is 0 Å². The van der Waals surface area contributed by atoms with Gasteiger partial charge in [0.05, 0.1) is 0 Å². The highest BCUT2D eigenvalue weighted by Crippen LogP contribution is 2.10. The molecule has 0 saturated heterocycles. The van der Waals surface area contributed by atoms with E-state index < -0.39 is 0 Å². The Labute approximate surface area is 86.1 Å². The fourth-order valence-electron chi connectivity index (χ4n) is 0.755. The molecule has 64 valence electrons. The van der Waals surface area contributed by atoms with Crippen molar-refractivity contribution in [3.8, 4) is 11.8 Å². The fraction of sp³-hybridized carbons (Fsp3) is 0. The number of hydrogen-bond donors (Lipinski definition) is 1. The van der Waals surface area contributed by atoms with Crippen LogP contribution < -0.4 is 0 Å². The van der Waals surface area contributed by atoms with Crippen molar-refractivity contribution >= 4 is 22.1 Å². The van der Waals surface area contributed by atoms with Crippen molar-refractivity contribution in [1.29, 1.82) is 5.41 Å². The normalized spacial score (nSPS) is 8.38. The van der Waals surface area contributed by atoms with Crippen LogP contribution in [0.15, 0.2) is 40.9 Å². The maximum absolute atomic E-state index is 6.88. The minimum Gasteiger partial charge on any atom is -0.307 e. The Balaban J connectivity index is 2.89. The fourth-order valence-corrected chi connectivity index (χ4v) is 1.15. The van der Waals surface area contributed by atoms with Crippen LogP contribution in [0.5, 0.6) is 0 Å². The van der Waals surface area contributed by atoms with Gasteiger partial charge in [0.25, 0.3) is 0 Å². The maximum atomic E-state index is 6.88. The maximum Gasteiger partial charge on any atom is 0.0353 e. The van der Waals surface area contributed by atoms with Gasteiger partial charge in [-0.3, -0.25) is 0 Å². The van der Waals surface area contributed by atoms with Gasteiger partial charge in [-0.1, -0.05) is 40.4 Å². The first kappa shape index (κ1) is 9.76. The summed E-state index contributed by atoms with van der Waals surface area (Å²) in [7, 11) is 0. The lowest BCUT2D eigenvalue weighted by Gasteiger charge is -1.90. The quantitative estimate of drug-likeness (QED) is 0.570. The standard InChI is InChI=1S/C11H8BrN/c1-9(8-13)5-6-10-3-2-4-11(12)7-10/h2-4,7-8,13H,1H2. The minimum absolute atomic E-state index is 0.514. The van der Waals surface area contributed by atoms with Gasteiger partial charge in [0.15, 0.2) is 0 Å². The van der Waals surface area contributed by atoms with Crippen LogP contribution in [0.3, 0.4) is 0 Å². The molecule has 0 bridgehead atoms. The van der Waals surface area contributed by atoms with E-state index in [-0.39, 0.29) is 0 Å². The lowest BCUT2D eigenvalue weighted by Crippen LogP contribution is -1.76. The van der Waals surface area contributed by atoms with Crippen LogP contribution in [-0.2, 0) is 0 Å². The van der Waals surface area contributed by atoms with Gasteiger partial charge in [-0.2, -0.15) is 0 Å². The van der Waals surface area contributed by atoms with Gasteiger partial charge in [-0.25, -0.2) is 0 Å². The molecule has 0 saturated carbocycles. The molecule has 0 radical (unpaired) electrons. The Hall–Kier alpha value is -1.33. The van der Waals surface area contributed by atoms with E-state index in [0.29, 0.717) is 5.57 Å². The van der Waals surface area contributed by atoms with E-state index in [1.807, 2.05) is 24.3 Å². The third-order valence-electron chi connectivity index (χ3n) is 1.37. The molecule has 1 rings (SSSR count). The van der Waals surface area contributed by atoms with Gasteiger partial charge >= 0.3 is 0 Å². The Morgan fingerprint density at radius 2 is 2.31 bits per heavy atom. The average molecular weight is 234 g/mol. The average Bonchev–Trinajstić information content (AvgIpc) is 2.14. The molecule has 0 spiro atoms. The molecule has 1 aromatic carbocycles. The summed E-state index contributed by atoms with van der Waals surface area (Å²) in [6.07, 6.45) is 1.14. The Morgan fingerprint density at radius 3 is 2.92 bits per heavy atom. The first-order chi connectivity index (χ1) is 6.22. The SMILES string of the molecule is C=C(C#Cc1cccc(Br)c1)C=N. The van der Waals surface area contributed by atoms with Crippen molar-refractivity contribution in [2.24, 2.45) is 0 Å². The van der Waals surface area contributed by atoms with E-state index in [0.717, 1.165) is 16.3 Å². The Bertz CT molecular complexity index is 396. The van der Waals surface area contributed by atoms with E-state index in [4.69, 9.17) is 5.41 Å². The summed E-state index contributed by atoms with van der Waals surface area (Å²) in [6, 6.07) is 7.69. The molecule has 0 aliphatic carbocycles. The van der Waals surface area contributed by atoms with Gasteiger partial charge in [0.1, 0.15) is 0 Å². The van der Waals surface area contributed by atoms with Crippen molar-refractivity contribution in [3.63, 3.8) is 0 Å². The zero-order valence-electron chi connectivity index (χ0n) is 6.97. The Morgan fingerprint density at radius 1 is 1.54 bits per heavy atom. The summed E-state index contributed by atoms with van der Waals surface area (Å²) in [5.74, 6) is 5.67. The number of rotatable bonds is 1. The van der Waals surface area contributed by atoms with Gasteiger partial charge in [-0.15, -0.1) is 0 Å². The summed E-state index contributed by atoms with van der Waals surface area (Å²) in [5.41, 5.74) is 1.43. The van der Waals surface area contributed by atoms with Crippen molar-refractivity contribution < 1.29 is 0 Å². The molecular weight excluding hydrogens is 226 g/mol. The molecule has 13 heavy (non-hydrogen) atoms. The van der Waals surface area contributed by atoms with E-state index >= 15 is 0 Å². The van der Waals surface area contributed by atoms with Crippen LogP contribution in [0.25, 0.3) is 0 Å². The molecule has 2 heteroatoms. The third kappa shape index (κ3) is 3.27. The molecule has 0 fully saturated rings. The molecule has 0 aliphatic rings. The zero-order chi connectivity index (χ0) is 9.68. The van der Waals surface area contributed by atoms with E-state index in [1.54, 1.807) is 0 Å². The molecule has 1 aromatic rings. The zero-order valence-corrected chi connectivity index (χ0v) is 8.56. The molecule has 0 atom stereocenters. The summed E-state index contributed by atoms with van der Waals surface area (Å²) >= 11 is 3.35. The van der Waals surface area contributed by atoms with Crippen molar-refractivity contribution in [2.45, 2.75) is 0 Å². The molecule has 0 amide bonds. The smallest absolute Gasteiger partial charge is 0.0353 e. The molecule has 1 N–H and O–H groups in total. The van der Waals surface area contributed by atoms with Crippen LogP contribution in [0.4, 0.5) is 0 Å². The molecule has 0 aromatic heterocycles. The van der Waals surface area contributed by atoms with Crippen molar-refractivity contribution in [2.75, 3.05) is 0 Å². The van der Waals surface area contributed by atoms with Crippen LogP contribution in [0.1, 0.15) is 5.56 Å². The molecule has 0 heterocycles. The second-order valence-electron chi connectivity index (χ2n) is 2.43. The van der Waals surface area contributed by atoms with Crippen LogP contribution >= 0.6 is 15.9 Å². The number of nitrogens with one attached hydrogen (secondary N) is 1. The Kier molecular flexibility index (Phi) is 3.48. The van der Waals surface area contributed by atoms with Crippen molar-refractivity contribution in [1.82, 2.24) is 0 Å². The summed E-state index contributed by atoms with van der Waals surface area (Å²) in [4.78, 5) is 0. The summed E-state index contributed by atoms with van der Waals surface area (Å²) < 4.78 is 1.000. The summed E-state index contributed by atoms with van der Waals surface area (Å²) in [5, 5.41) is 6.88. The van der Waals surface area contributed by atoms with E-state index in [2.05, 4.69) is 34.3 Å². The molecule has 0 aliphatic heterocycles. The first-order valence-corrected chi connectivity index (χ1v) is 4.48. The highest BCUT2D eigenvalue weighted by Gasteiger charge is 1.87. The lowest BCUT2D eigenvalue weighted by atomic mass is 10.2. The molecule has 0 unspecified atom stereocenters. The van der Waals surface area contributed by atoms with Gasteiger partial charge in [0.2, 0.25) is 0 Å².